The van der Waals surface area contributed by atoms with Crippen LogP contribution in [0.1, 0.15) is 150 Å². The molecule has 0 atom stereocenters. The van der Waals surface area contributed by atoms with Crippen LogP contribution in [0.2, 0.25) is 0 Å². The van der Waals surface area contributed by atoms with Gasteiger partial charge >= 0.3 is 27.9 Å². The number of rotatable bonds is 23. The van der Waals surface area contributed by atoms with Crippen LogP contribution in [-0.4, -0.2) is 24.6 Å². The molecule has 0 aliphatic rings. The minimum absolute atomic E-state index is 0.247. The van der Waals surface area contributed by atoms with Gasteiger partial charge in [-0.25, -0.2) is 0 Å². The Kier molecular flexibility index (Phi) is 41.6. The van der Waals surface area contributed by atoms with E-state index < -0.39 is 0 Å². The molecule has 0 saturated heterocycles. The summed E-state index contributed by atoms with van der Waals surface area (Å²) in [6.07, 6.45) is 30.7. The van der Waals surface area contributed by atoms with Crippen molar-refractivity contribution in [3.63, 3.8) is 0 Å². The van der Waals surface area contributed by atoms with E-state index in [0.29, 0.717) is 0 Å². The zero-order valence-corrected chi connectivity index (χ0v) is 34.3. The summed E-state index contributed by atoms with van der Waals surface area (Å²) in [6, 6.07) is 22.4. The molecule has 0 aliphatic heterocycles. The molecular formula is C40H73BrNiP2+. The fourth-order valence-electron chi connectivity index (χ4n) is 5.22. The number of unbranched alkanes of at least 4 members (excludes halogenated alkanes) is 13. The molecule has 0 heterocycles. The summed E-state index contributed by atoms with van der Waals surface area (Å²) in [5.41, 5.74) is 0. The third-order valence-electron chi connectivity index (χ3n) is 8.05. The van der Waals surface area contributed by atoms with Gasteiger partial charge in [0.2, 0.25) is 0 Å². The molecule has 0 saturated carbocycles. The molecular weight excluding hydrogens is 681 g/mol. The predicted molar refractivity (Wildman–Crippen MR) is 214 cm³/mol. The van der Waals surface area contributed by atoms with Gasteiger partial charge in [0.15, 0.2) is 0 Å². The molecule has 2 aromatic carbocycles. The second-order valence-corrected chi connectivity index (χ2v) is 17.6. The van der Waals surface area contributed by atoms with Crippen LogP contribution in [0.3, 0.4) is 0 Å². The number of halogens is 1. The summed E-state index contributed by atoms with van der Waals surface area (Å²) in [5.74, 6) is 0. The average Bonchev–Trinajstić information content (AvgIpc) is 3.08. The van der Waals surface area contributed by atoms with E-state index in [1.54, 1.807) is 10.6 Å². The van der Waals surface area contributed by atoms with Crippen molar-refractivity contribution in [2.75, 3.05) is 24.6 Å². The first kappa shape index (κ1) is 46.4. The van der Waals surface area contributed by atoms with E-state index in [4.69, 9.17) is 0 Å². The Morgan fingerprint density at radius 2 is 0.705 bits per heavy atom. The number of hydrogen-bond acceptors (Lipinski definition) is 0. The normalized spacial score (nSPS) is 10.4. The van der Waals surface area contributed by atoms with Gasteiger partial charge in [-0.1, -0.05) is 154 Å². The Bertz CT molecular complexity index is 677. The Hall–Kier alpha value is 0.274. The average molecular weight is 755 g/mol. The van der Waals surface area contributed by atoms with Gasteiger partial charge in [-0.15, -0.1) is 0 Å². The van der Waals surface area contributed by atoms with Crippen molar-refractivity contribution in [2.45, 2.75) is 150 Å². The summed E-state index contributed by atoms with van der Waals surface area (Å²) in [4.78, 5) is 0. The fraction of sp³-hybridized carbons (Fsp3) is 0.675. The Labute approximate surface area is 295 Å². The third-order valence-corrected chi connectivity index (χ3v) is 14.2. The molecule has 0 fully saturated rings. The molecule has 0 bridgehead atoms. The summed E-state index contributed by atoms with van der Waals surface area (Å²) in [5, 5.41) is 3.29. The maximum absolute atomic E-state index is 3.84. The first-order valence-corrected chi connectivity index (χ1v) is 24.7. The molecule has 44 heavy (non-hydrogen) atoms. The van der Waals surface area contributed by atoms with Crippen molar-refractivity contribution < 1.29 is 13.7 Å². The second-order valence-electron chi connectivity index (χ2n) is 12.0. The van der Waals surface area contributed by atoms with Crippen molar-refractivity contribution in [3.05, 3.63) is 67.6 Å². The minimum atomic E-state index is -0.247. The molecule has 0 unspecified atom stereocenters. The van der Waals surface area contributed by atoms with E-state index in [-0.39, 0.29) is 15.8 Å². The van der Waals surface area contributed by atoms with Crippen LogP contribution < -0.4 is 10.6 Å². The number of hydrogen-bond donors (Lipinski definition) is 0. The van der Waals surface area contributed by atoms with Crippen LogP contribution in [0.15, 0.2) is 60.7 Å². The molecule has 0 N–H and O–H groups in total. The van der Waals surface area contributed by atoms with Gasteiger partial charge in [-0.3, -0.25) is 0 Å². The van der Waals surface area contributed by atoms with Crippen molar-refractivity contribution in [1.29, 1.82) is 0 Å². The first-order valence-electron chi connectivity index (χ1n) is 18.4. The van der Waals surface area contributed by atoms with Crippen LogP contribution in [0.25, 0.3) is 0 Å². The van der Waals surface area contributed by atoms with Crippen LogP contribution in [-0.2, 0) is 13.7 Å². The van der Waals surface area contributed by atoms with Crippen LogP contribution >= 0.6 is 30.1 Å². The van der Waals surface area contributed by atoms with Gasteiger partial charge < -0.3 is 6.92 Å². The number of benzene rings is 2. The Morgan fingerprint density at radius 3 is 0.977 bits per heavy atom. The molecule has 0 spiro atoms. The maximum atomic E-state index is 3.84. The Morgan fingerprint density at radius 1 is 0.432 bits per heavy atom. The molecule has 0 amide bonds. The second kappa shape index (κ2) is 39.5. The monoisotopic (exact) mass is 752 g/mol. The van der Waals surface area contributed by atoms with Crippen molar-refractivity contribution in [3.8, 4) is 0 Å². The van der Waals surface area contributed by atoms with Crippen molar-refractivity contribution in [2.24, 2.45) is 0 Å². The van der Waals surface area contributed by atoms with E-state index in [1.807, 2.05) is 0 Å². The van der Waals surface area contributed by atoms with E-state index in [9.17, 15) is 0 Å². The third kappa shape index (κ3) is 29.7. The molecule has 0 radical (unpaired) electrons. The molecule has 259 valence electrons. The molecule has 0 nitrogen and oxygen atoms in total. The molecule has 0 aromatic heterocycles. The zero-order valence-electron chi connectivity index (χ0n) is 29.7. The van der Waals surface area contributed by atoms with Crippen LogP contribution in [0, 0.1) is 6.92 Å². The van der Waals surface area contributed by atoms with E-state index in [2.05, 4.69) is 130 Å². The van der Waals surface area contributed by atoms with E-state index in [1.165, 1.54) is 134 Å². The van der Waals surface area contributed by atoms with Gasteiger partial charge in [0.25, 0.3) is 0 Å². The van der Waals surface area contributed by atoms with E-state index >= 15 is 0 Å². The van der Waals surface area contributed by atoms with E-state index in [0.717, 1.165) is 6.42 Å². The Balaban J connectivity index is 0. The van der Waals surface area contributed by atoms with Crippen LogP contribution in [0.4, 0.5) is 0 Å². The summed E-state index contributed by atoms with van der Waals surface area (Å²) in [6.45, 7) is 15.3. The first-order chi connectivity index (χ1) is 21.7. The summed E-state index contributed by atoms with van der Waals surface area (Å²) < 4.78 is 0. The van der Waals surface area contributed by atoms with Gasteiger partial charge in [-0.2, -0.15) is 6.42 Å². The SMILES string of the molecule is CCCC[PH+](CCCC)c1ccccc1.CCCC[PH+](CCCC)c1ccccc1.[CH2-]CCCCCCCCCCC.[Ni][Br]. The zero-order chi connectivity index (χ0) is 32.9. The van der Waals surface area contributed by atoms with Crippen molar-refractivity contribution in [1.82, 2.24) is 0 Å². The topological polar surface area (TPSA) is 0 Å². The van der Waals surface area contributed by atoms with Gasteiger partial charge in [0, 0.05) is 15.8 Å². The standard InChI is InChI=1S/2C14H23P.C12H25.BrH.Ni/c2*1-3-5-12-15(13-6-4-2)14-10-8-7-9-11-14;1-3-5-7-9-11-12-10-8-6-4-2;;/h2*7-11H,3-6,12-13H2,1-2H3;1,3-12H2,2H3;1H;/q;;-1;;+1/p+1. The molecule has 0 aliphatic carbocycles. The van der Waals surface area contributed by atoms with Gasteiger partial charge in [0.1, 0.15) is 0 Å². The van der Waals surface area contributed by atoms with Crippen molar-refractivity contribution >= 4 is 40.7 Å². The summed E-state index contributed by atoms with van der Waals surface area (Å²) >= 11 is 6.25. The molecule has 2 rings (SSSR count). The molecule has 4 heteroatoms. The quantitative estimate of drug-likeness (QED) is 0.0459. The summed E-state index contributed by atoms with van der Waals surface area (Å²) in [7, 11) is -0.495. The van der Waals surface area contributed by atoms with Gasteiger partial charge in [0.05, 0.1) is 35.3 Å². The molecule has 2 aromatic rings. The fourth-order valence-corrected chi connectivity index (χ4v) is 11.3. The predicted octanol–water partition coefficient (Wildman–Crippen LogP) is 13.8. The van der Waals surface area contributed by atoms with Crippen LogP contribution in [0.5, 0.6) is 0 Å². The van der Waals surface area contributed by atoms with Gasteiger partial charge in [-0.05, 0) is 49.9 Å².